The molecule has 1 amide bonds. The Morgan fingerprint density at radius 2 is 1.80 bits per heavy atom. The number of aromatic nitrogens is 2. The van der Waals surface area contributed by atoms with Crippen molar-refractivity contribution in [1.82, 2.24) is 9.97 Å². The fourth-order valence-electron chi connectivity index (χ4n) is 4.04. The molecule has 0 unspecified atom stereocenters. The fraction of sp³-hybridized carbons (Fsp3) is 0.348. The van der Waals surface area contributed by atoms with E-state index in [2.05, 4.69) is 0 Å². The molecule has 3 aromatic rings. The van der Waals surface area contributed by atoms with Crippen LogP contribution in [0.25, 0.3) is 11.0 Å². The van der Waals surface area contributed by atoms with E-state index in [1.54, 1.807) is 4.90 Å². The largest absolute Gasteiger partial charge is 0.483 e. The van der Waals surface area contributed by atoms with Gasteiger partial charge in [0.1, 0.15) is 5.60 Å². The van der Waals surface area contributed by atoms with Crippen LogP contribution in [0.5, 0.6) is 11.5 Å². The third-order valence-corrected chi connectivity index (χ3v) is 5.52. The molecule has 0 radical (unpaired) electrons. The molecule has 7 heteroatoms. The van der Waals surface area contributed by atoms with Crippen LogP contribution in [-0.2, 0) is 11.2 Å². The molecule has 154 valence electrons. The van der Waals surface area contributed by atoms with Gasteiger partial charge in [-0.2, -0.15) is 0 Å². The normalized spacial score (nSPS) is 16.8. The molecular formula is C23H24N4O3. The number of fused-ring (bicyclic) bond motifs is 3. The van der Waals surface area contributed by atoms with Crippen LogP contribution in [0.1, 0.15) is 19.4 Å². The molecule has 7 nitrogen and oxygen atoms in total. The minimum Gasteiger partial charge on any atom is -0.483 e. The lowest BCUT2D eigenvalue weighted by Crippen LogP contribution is -2.45. The molecule has 0 N–H and O–H groups in total. The summed E-state index contributed by atoms with van der Waals surface area (Å²) in [5.74, 6) is 2.47. The van der Waals surface area contributed by atoms with E-state index in [9.17, 15) is 4.79 Å². The van der Waals surface area contributed by atoms with Crippen molar-refractivity contribution in [2.75, 3.05) is 36.5 Å². The van der Waals surface area contributed by atoms with E-state index in [-0.39, 0.29) is 18.1 Å². The predicted octanol–water partition coefficient (Wildman–Crippen LogP) is 3.21. The van der Waals surface area contributed by atoms with Gasteiger partial charge in [0.2, 0.25) is 0 Å². The number of anilines is 2. The minimum absolute atomic E-state index is 0.0854. The number of ether oxygens (including phenoxy) is 2. The van der Waals surface area contributed by atoms with Gasteiger partial charge in [-0.25, -0.2) is 9.97 Å². The molecule has 0 atom stereocenters. The topological polar surface area (TPSA) is 67.8 Å². The fourth-order valence-corrected chi connectivity index (χ4v) is 4.04. The standard InChI is InChI=1S/C23H24N4O3/c1-23(2)13-15-7-6-10-18(20(15)30-23)29-14-19(28)27-12-11-26(3)21-22(27)25-17-9-5-4-8-16(17)24-21/h4-10H,11-14H2,1-3H3. The van der Waals surface area contributed by atoms with E-state index in [0.29, 0.717) is 30.5 Å². The first kappa shape index (κ1) is 18.7. The van der Waals surface area contributed by atoms with E-state index < -0.39 is 0 Å². The van der Waals surface area contributed by atoms with Crippen molar-refractivity contribution in [1.29, 1.82) is 0 Å². The van der Waals surface area contributed by atoms with Gasteiger partial charge in [-0.1, -0.05) is 24.3 Å². The highest BCUT2D eigenvalue weighted by Gasteiger charge is 2.33. The summed E-state index contributed by atoms with van der Waals surface area (Å²) in [6.45, 7) is 5.23. The Kier molecular flexibility index (Phi) is 4.27. The number of para-hydroxylation sites is 3. The number of hydrogen-bond acceptors (Lipinski definition) is 6. The molecule has 2 aliphatic heterocycles. The van der Waals surface area contributed by atoms with E-state index in [1.165, 1.54) is 0 Å². The molecule has 2 aliphatic rings. The maximum atomic E-state index is 13.1. The average Bonchev–Trinajstić information content (AvgIpc) is 3.05. The highest BCUT2D eigenvalue weighted by Crippen LogP contribution is 2.41. The zero-order chi connectivity index (χ0) is 20.9. The van der Waals surface area contributed by atoms with Gasteiger partial charge >= 0.3 is 0 Å². The molecule has 0 saturated heterocycles. The van der Waals surface area contributed by atoms with Gasteiger partial charge in [-0.05, 0) is 32.0 Å². The summed E-state index contributed by atoms with van der Waals surface area (Å²) < 4.78 is 12.0. The number of carbonyl (C=O) groups excluding carboxylic acids is 1. The van der Waals surface area contributed by atoms with Gasteiger partial charge in [0.25, 0.3) is 5.91 Å². The third-order valence-electron chi connectivity index (χ3n) is 5.52. The molecule has 3 heterocycles. The van der Waals surface area contributed by atoms with E-state index in [0.717, 1.165) is 28.8 Å². The average molecular weight is 404 g/mol. The van der Waals surface area contributed by atoms with Gasteiger partial charge in [0.15, 0.2) is 29.7 Å². The Morgan fingerprint density at radius 1 is 1.07 bits per heavy atom. The molecule has 0 saturated carbocycles. The Hall–Kier alpha value is -3.35. The van der Waals surface area contributed by atoms with Crippen LogP contribution in [-0.4, -0.2) is 48.2 Å². The molecule has 0 spiro atoms. The second-order valence-corrected chi connectivity index (χ2v) is 8.40. The monoisotopic (exact) mass is 404 g/mol. The summed E-state index contributed by atoms with van der Waals surface area (Å²) in [5, 5.41) is 0. The van der Waals surface area contributed by atoms with E-state index in [1.807, 2.05) is 68.3 Å². The predicted molar refractivity (Wildman–Crippen MR) is 116 cm³/mol. The lowest BCUT2D eigenvalue weighted by molar-refractivity contribution is -0.120. The van der Waals surface area contributed by atoms with Crippen molar-refractivity contribution in [3.63, 3.8) is 0 Å². The van der Waals surface area contributed by atoms with Crippen LogP contribution < -0.4 is 19.3 Å². The SMILES string of the molecule is CN1CCN(C(=O)COc2cccc3c2OC(C)(C)C3)c2nc3ccccc3nc21. The molecular weight excluding hydrogens is 380 g/mol. The summed E-state index contributed by atoms with van der Waals surface area (Å²) in [6, 6.07) is 13.5. The summed E-state index contributed by atoms with van der Waals surface area (Å²) in [6.07, 6.45) is 0.821. The van der Waals surface area contributed by atoms with Crippen LogP contribution >= 0.6 is 0 Å². The maximum absolute atomic E-state index is 13.1. The number of carbonyl (C=O) groups is 1. The molecule has 1 aromatic heterocycles. The summed E-state index contributed by atoms with van der Waals surface area (Å²) in [4.78, 5) is 26.2. The molecule has 0 aliphatic carbocycles. The Morgan fingerprint density at radius 3 is 2.57 bits per heavy atom. The van der Waals surface area contributed by atoms with Crippen LogP contribution in [0, 0.1) is 0 Å². The number of nitrogens with zero attached hydrogens (tertiary/aromatic N) is 4. The van der Waals surface area contributed by atoms with E-state index >= 15 is 0 Å². The van der Waals surface area contributed by atoms with Gasteiger partial charge in [-0.15, -0.1) is 0 Å². The Bertz CT molecular complexity index is 1140. The Labute approximate surface area is 175 Å². The summed E-state index contributed by atoms with van der Waals surface area (Å²) >= 11 is 0. The van der Waals surface area contributed by atoms with Crippen molar-refractivity contribution in [3.8, 4) is 11.5 Å². The van der Waals surface area contributed by atoms with Crippen molar-refractivity contribution in [3.05, 3.63) is 48.0 Å². The van der Waals surface area contributed by atoms with Gasteiger partial charge in [0.05, 0.1) is 11.0 Å². The first-order valence-electron chi connectivity index (χ1n) is 10.1. The number of likely N-dealkylation sites (N-methyl/N-ethyl adjacent to an activating group) is 1. The van der Waals surface area contributed by atoms with Gasteiger partial charge < -0.3 is 14.4 Å². The van der Waals surface area contributed by atoms with E-state index in [4.69, 9.17) is 19.4 Å². The second-order valence-electron chi connectivity index (χ2n) is 8.40. The second kappa shape index (κ2) is 6.86. The van der Waals surface area contributed by atoms with Crippen LogP contribution in [0.4, 0.5) is 11.6 Å². The third kappa shape index (κ3) is 3.20. The van der Waals surface area contributed by atoms with Crippen molar-refractivity contribution >= 4 is 28.6 Å². The minimum atomic E-state index is -0.265. The lowest BCUT2D eigenvalue weighted by atomic mass is 10.0. The van der Waals surface area contributed by atoms with Crippen molar-refractivity contribution in [2.24, 2.45) is 0 Å². The summed E-state index contributed by atoms with van der Waals surface area (Å²) in [7, 11) is 1.97. The highest BCUT2D eigenvalue weighted by atomic mass is 16.5. The molecule has 30 heavy (non-hydrogen) atoms. The molecule has 5 rings (SSSR count). The number of benzene rings is 2. The maximum Gasteiger partial charge on any atom is 0.266 e. The van der Waals surface area contributed by atoms with Gasteiger partial charge in [0, 0.05) is 32.1 Å². The zero-order valence-electron chi connectivity index (χ0n) is 17.4. The van der Waals surface area contributed by atoms with Crippen LogP contribution in [0.3, 0.4) is 0 Å². The molecule has 2 aromatic carbocycles. The number of hydrogen-bond donors (Lipinski definition) is 0. The zero-order valence-corrected chi connectivity index (χ0v) is 17.4. The first-order chi connectivity index (χ1) is 14.4. The summed E-state index contributed by atoms with van der Waals surface area (Å²) in [5.41, 5.74) is 2.42. The van der Waals surface area contributed by atoms with Crippen LogP contribution in [0.2, 0.25) is 0 Å². The number of amides is 1. The molecule has 0 fully saturated rings. The quantitative estimate of drug-likeness (QED) is 0.668. The Balaban J connectivity index is 1.39. The smallest absolute Gasteiger partial charge is 0.266 e. The number of rotatable bonds is 3. The molecule has 0 bridgehead atoms. The highest BCUT2D eigenvalue weighted by molar-refractivity contribution is 5.98. The van der Waals surface area contributed by atoms with Crippen LogP contribution in [0.15, 0.2) is 42.5 Å². The van der Waals surface area contributed by atoms with Gasteiger partial charge in [-0.3, -0.25) is 9.69 Å². The van der Waals surface area contributed by atoms with Crippen molar-refractivity contribution in [2.45, 2.75) is 25.9 Å². The lowest BCUT2D eigenvalue weighted by Gasteiger charge is -2.33. The first-order valence-corrected chi connectivity index (χ1v) is 10.1. The van der Waals surface area contributed by atoms with Crippen molar-refractivity contribution < 1.29 is 14.3 Å².